The summed E-state index contributed by atoms with van der Waals surface area (Å²) in [6.07, 6.45) is -3.47. The smallest absolute Gasteiger partial charge is 0.418 e. The fourth-order valence-electron chi connectivity index (χ4n) is 2.89. The number of nitrogens with zero attached hydrogens (tertiary/aromatic N) is 5. The number of tetrazole rings is 1. The summed E-state index contributed by atoms with van der Waals surface area (Å²) in [6, 6.07) is 2.60. The van der Waals surface area contributed by atoms with E-state index in [1.54, 1.807) is 4.90 Å². The first-order valence-electron chi connectivity index (χ1n) is 7.38. The number of aromatic nitrogens is 4. The summed E-state index contributed by atoms with van der Waals surface area (Å²) in [7, 11) is 0. The van der Waals surface area contributed by atoms with Crippen molar-refractivity contribution in [1.82, 2.24) is 25.1 Å². The number of alkyl halides is 3. The Morgan fingerprint density at radius 1 is 1.40 bits per heavy atom. The van der Waals surface area contributed by atoms with Crippen molar-refractivity contribution in [3.05, 3.63) is 34.6 Å². The Hall–Kier alpha value is -2.20. The van der Waals surface area contributed by atoms with Crippen LogP contribution in [-0.4, -0.2) is 48.8 Å². The Morgan fingerprint density at radius 2 is 2.16 bits per heavy atom. The molecule has 1 aliphatic rings. The maximum absolute atomic E-state index is 13.3. The van der Waals surface area contributed by atoms with Gasteiger partial charge in [-0.3, -0.25) is 9.69 Å². The second kappa shape index (κ2) is 6.60. The molecule has 7 nitrogen and oxygen atoms in total. The summed E-state index contributed by atoms with van der Waals surface area (Å²) in [5.41, 5.74) is -1.23. The molecule has 2 aromatic rings. The normalized spacial score (nSPS) is 18.6. The minimum absolute atomic E-state index is 0.0316. The first kappa shape index (κ1) is 17.6. The monoisotopic (exact) mass is 375 g/mol. The Labute approximate surface area is 145 Å². The molecule has 0 bridgehead atoms. The van der Waals surface area contributed by atoms with Gasteiger partial charge in [-0.1, -0.05) is 11.6 Å². The minimum atomic E-state index is -4.64. The number of hydrogen-bond acceptors (Lipinski definition) is 5. The van der Waals surface area contributed by atoms with Crippen molar-refractivity contribution in [3.63, 3.8) is 0 Å². The first-order valence-corrected chi connectivity index (χ1v) is 7.76. The van der Waals surface area contributed by atoms with Crippen LogP contribution in [0.2, 0.25) is 5.02 Å². The summed E-state index contributed by atoms with van der Waals surface area (Å²) in [6.45, 7) is 0.542. The summed E-state index contributed by atoms with van der Waals surface area (Å²) in [5.74, 6) is -0.847. The zero-order valence-electron chi connectivity index (χ0n) is 12.7. The highest BCUT2D eigenvalue weighted by molar-refractivity contribution is 6.30. The third-order valence-electron chi connectivity index (χ3n) is 4.02. The van der Waals surface area contributed by atoms with Gasteiger partial charge in [0.05, 0.1) is 17.8 Å². The van der Waals surface area contributed by atoms with Gasteiger partial charge < -0.3 is 5.11 Å². The molecule has 1 aromatic heterocycles. The van der Waals surface area contributed by atoms with E-state index in [4.69, 9.17) is 11.6 Å². The molecule has 1 saturated heterocycles. The highest BCUT2D eigenvalue weighted by atomic mass is 35.5. The van der Waals surface area contributed by atoms with Crippen molar-refractivity contribution >= 4 is 17.6 Å². The highest BCUT2D eigenvalue weighted by Crippen LogP contribution is 2.35. The van der Waals surface area contributed by atoms with Crippen LogP contribution in [-0.2, 0) is 17.5 Å². The van der Waals surface area contributed by atoms with Gasteiger partial charge in [-0.05, 0) is 48.0 Å². The molecule has 1 N–H and O–H groups in total. The zero-order valence-corrected chi connectivity index (χ0v) is 13.5. The van der Waals surface area contributed by atoms with Crippen molar-refractivity contribution in [2.45, 2.75) is 31.6 Å². The van der Waals surface area contributed by atoms with Crippen LogP contribution >= 0.6 is 11.6 Å². The highest BCUT2D eigenvalue weighted by Gasteiger charge is 2.36. The topological polar surface area (TPSA) is 84.1 Å². The number of carbonyl (C=O) groups is 1. The Kier molecular flexibility index (Phi) is 4.65. The predicted molar refractivity (Wildman–Crippen MR) is 80.2 cm³/mol. The van der Waals surface area contributed by atoms with Crippen molar-refractivity contribution in [2.75, 3.05) is 6.54 Å². The fraction of sp³-hybridized carbons (Fsp3) is 0.429. The van der Waals surface area contributed by atoms with E-state index in [0.717, 1.165) is 10.7 Å². The van der Waals surface area contributed by atoms with Gasteiger partial charge in [-0.2, -0.15) is 17.9 Å². The quantitative estimate of drug-likeness (QED) is 0.883. The van der Waals surface area contributed by atoms with Crippen LogP contribution in [0.3, 0.4) is 0 Å². The molecule has 0 saturated carbocycles. The largest absolute Gasteiger partial charge is 0.480 e. The first-order chi connectivity index (χ1) is 11.8. The number of halogens is 4. The van der Waals surface area contributed by atoms with Crippen LogP contribution in [0.15, 0.2) is 18.2 Å². The standard InChI is InChI=1S/C14H13ClF3N5O2/c15-8-3-4-10(9(6-8)14(16,17)18)23-12(19-20-21-23)7-22-5-1-2-11(22)13(24)25/h3-4,6,11H,1-2,5,7H2,(H,24,25)/t11-/m1/s1. The van der Waals surface area contributed by atoms with E-state index in [1.165, 1.54) is 12.1 Å². The van der Waals surface area contributed by atoms with Crippen molar-refractivity contribution in [3.8, 4) is 5.69 Å². The van der Waals surface area contributed by atoms with Gasteiger partial charge in [0, 0.05) is 5.02 Å². The summed E-state index contributed by atoms with van der Waals surface area (Å²) < 4.78 is 40.9. The molecule has 25 heavy (non-hydrogen) atoms. The molecule has 2 heterocycles. The summed E-state index contributed by atoms with van der Waals surface area (Å²) in [5, 5.41) is 20.0. The van der Waals surface area contributed by atoms with Crippen LogP contribution in [0.4, 0.5) is 13.2 Å². The average molecular weight is 376 g/mol. The maximum Gasteiger partial charge on any atom is 0.418 e. The number of benzene rings is 1. The molecule has 0 amide bonds. The fourth-order valence-corrected chi connectivity index (χ4v) is 3.06. The van der Waals surface area contributed by atoms with Crippen LogP contribution in [0.25, 0.3) is 5.69 Å². The SMILES string of the molecule is O=C(O)[C@H]1CCCN1Cc1nnnn1-c1ccc(Cl)cc1C(F)(F)F. The molecule has 0 unspecified atom stereocenters. The molecule has 0 radical (unpaired) electrons. The van der Waals surface area contributed by atoms with E-state index in [-0.39, 0.29) is 23.1 Å². The maximum atomic E-state index is 13.3. The van der Waals surface area contributed by atoms with Gasteiger partial charge in [0.1, 0.15) is 6.04 Å². The zero-order chi connectivity index (χ0) is 18.2. The summed E-state index contributed by atoms with van der Waals surface area (Å²) >= 11 is 5.68. The number of hydrogen-bond donors (Lipinski definition) is 1. The van der Waals surface area contributed by atoms with E-state index in [2.05, 4.69) is 15.5 Å². The molecule has 1 atom stereocenters. The number of carboxylic acids is 1. The molecule has 0 spiro atoms. The van der Waals surface area contributed by atoms with E-state index >= 15 is 0 Å². The third kappa shape index (κ3) is 3.59. The van der Waals surface area contributed by atoms with Gasteiger partial charge in [-0.15, -0.1) is 5.10 Å². The third-order valence-corrected chi connectivity index (χ3v) is 4.25. The molecule has 3 rings (SSSR count). The molecule has 1 aliphatic heterocycles. The van der Waals surface area contributed by atoms with Gasteiger partial charge in [-0.25, -0.2) is 0 Å². The molecule has 134 valence electrons. The molecular weight excluding hydrogens is 363 g/mol. The Balaban J connectivity index is 1.97. The number of likely N-dealkylation sites (tertiary alicyclic amines) is 1. The number of aliphatic carboxylic acids is 1. The van der Waals surface area contributed by atoms with Crippen LogP contribution in [0.5, 0.6) is 0 Å². The lowest BCUT2D eigenvalue weighted by atomic mass is 10.1. The van der Waals surface area contributed by atoms with E-state index in [1.807, 2.05) is 0 Å². The molecule has 1 aromatic carbocycles. The van der Waals surface area contributed by atoms with Crippen molar-refractivity contribution in [2.24, 2.45) is 0 Å². The van der Waals surface area contributed by atoms with E-state index < -0.39 is 23.8 Å². The van der Waals surface area contributed by atoms with E-state index in [0.29, 0.717) is 19.4 Å². The Bertz CT molecular complexity index is 795. The molecule has 11 heteroatoms. The lowest BCUT2D eigenvalue weighted by Gasteiger charge is -2.20. The second-order valence-corrected chi connectivity index (χ2v) is 6.07. The molecular formula is C14H13ClF3N5O2. The lowest BCUT2D eigenvalue weighted by Crippen LogP contribution is -2.36. The Morgan fingerprint density at radius 3 is 2.84 bits per heavy atom. The number of carboxylic acid groups (broad SMARTS) is 1. The molecule has 0 aliphatic carbocycles. The molecule has 1 fully saturated rings. The van der Waals surface area contributed by atoms with Gasteiger partial charge in [0.2, 0.25) is 0 Å². The van der Waals surface area contributed by atoms with Gasteiger partial charge in [0.15, 0.2) is 5.82 Å². The second-order valence-electron chi connectivity index (χ2n) is 5.63. The van der Waals surface area contributed by atoms with E-state index in [9.17, 15) is 23.1 Å². The average Bonchev–Trinajstić information content (AvgIpc) is 3.16. The van der Waals surface area contributed by atoms with Crippen LogP contribution in [0.1, 0.15) is 24.2 Å². The number of rotatable bonds is 4. The lowest BCUT2D eigenvalue weighted by molar-refractivity contribution is -0.142. The van der Waals surface area contributed by atoms with Crippen LogP contribution < -0.4 is 0 Å². The predicted octanol–water partition coefficient (Wildman–Crippen LogP) is 2.38. The van der Waals surface area contributed by atoms with Gasteiger partial charge >= 0.3 is 12.1 Å². The van der Waals surface area contributed by atoms with Crippen molar-refractivity contribution in [1.29, 1.82) is 0 Å². The van der Waals surface area contributed by atoms with Crippen molar-refractivity contribution < 1.29 is 23.1 Å². The summed E-state index contributed by atoms with van der Waals surface area (Å²) in [4.78, 5) is 12.9. The van der Waals surface area contributed by atoms with Crippen LogP contribution in [0, 0.1) is 0 Å². The minimum Gasteiger partial charge on any atom is -0.480 e. The van der Waals surface area contributed by atoms with Gasteiger partial charge in [0.25, 0.3) is 0 Å².